The predicted octanol–water partition coefficient (Wildman–Crippen LogP) is 4.38. The smallest absolute Gasteiger partial charge is 0.127 e. The van der Waals surface area contributed by atoms with E-state index >= 15 is 0 Å². The number of likely N-dealkylation sites (N-methyl/N-ethyl adjacent to an activating group) is 1. The van der Waals surface area contributed by atoms with Gasteiger partial charge in [-0.15, -0.1) is 0 Å². The minimum atomic E-state index is 0.727. The molecule has 0 aliphatic carbocycles. The molecule has 0 heterocycles. The van der Waals surface area contributed by atoms with Crippen molar-refractivity contribution in [1.82, 2.24) is 4.90 Å². The second-order valence-corrected chi connectivity index (χ2v) is 5.24. The Kier molecular flexibility index (Phi) is 5.82. The molecule has 2 aromatic carbocycles. The van der Waals surface area contributed by atoms with E-state index in [4.69, 9.17) is 4.74 Å². The van der Waals surface area contributed by atoms with Gasteiger partial charge < -0.3 is 9.64 Å². The van der Waals surface area contributed by atoms with E-state index < -0.39 is 0 Å². The zero-order valence-corrected chi connectivity index (χ0v) is 13.3. The van der Waals surface area contributed by atoms with Crippen LogP contribution in [0.15, 0.2) is 48.5 Å². The summed E-state index contributed by atoms with van der Waals surface area (Å²) in [5.41, 5.74) is 3.65. The van der Waals surface area contributed by atoms with Gasteiger partial charge in [-0.1, -0.05) is 61.9 Å². The van der Waals surface area contributed by atoms with Crippen LogP contribution >= 0.6 is 0 Å². The fourth-order valence-corrected chi connectivity index (χ4v) is 2.39. The second-order valence-electron chi connectivity index (χ2n) is 5.24. The molecular formula is C19H25NO. The molecule has 0 N–H and O–H groups in total. The highest BCUT2D eigenvalue weighted by Gasteiger charge is 2.06. The lowest BCUT2D eigenvalue weighted by molar-refractivity contribution is 0.223. The van der Waals surface area contributed by atoms with E-state index in [1.807, 2.05) is 6.07 Å². The SMILES string of the molecule is CCN(CC)CCOc1ccccc1-c1ccc(C)cc1. The average molecular weight is 283 g/mol. The maximum atomic E-state index is 6.01. The molecule has 0 aromatic heterocycles. The molecule has 21 heavy (non-hydrogen) atoms. The summed E-state index contributed by atoms with van der Waals surface area (Å²) in [6, 6.07) is 16.9. The van der Waals surface area contributed by atoms with Gasteiger partial charge >= 0.3 is 0 Å². The summed E-state index contributed by atoms with van der Waals surface area (Å²) in [4.78, 5) is 2.37. The first-order chi connectivity index (χ1) is 10.2. The molecule has 0 fully saturated rings. The fourth-order valence-electron chi connectivity index (χ4n) is 2.39. The maximum absolute atomic E-state index is 6.01. The van der Waals surface area contributed by atoms with Gasteiger partial charge in [0.2, 0.25) is 0 Å². The molecule has 0 bridgehead atoms. The summed E-state index contributed by atoms with van der Waals surface area (Å²) in [6.45, 7) is 10.3. The van der Waals surface area contributed by atoms with Crippen molar-refractivity contribution in [2.75, 3.05) is 26.2 Å². The van der Waals surface area contributed by atoms with E-state index in [9.17, 15) is 0 Å². The zero-order valence-electron chi connectivity index (χ0n) is 13.3. The van der Waals surface area contributed by atoms with Gasteiger partial charge in [0.25, 0.3) is 0 Å². The van der Waals surface area contributed by atoms with Crippen molar-refractivity contribution in [3.8, 4) is 16.9 Å². The molecule has 2 heteroatoms. The van der Waals surface area contributed by atoms with Crippen molar-refractivity contribution in [3.63, 3.8) is 0 Å². The van der Waals surface area contributed by atoms with Crippen LogP contribution in [0, 0.1) is 6.92 Å². The third kappa shape index (κ3) is 4.33. The van der Waals surface area contributed by atoms with Crippen molar-refractivity contribution < 1.29 is 4.74 Å². The standard InChI is InChI=1S/C19H25NO/c1-4-20(5-2)14-15-21-19-9-7-6-8-18(19)17-12-10-16(3)11-13-17/h6-13H,4-5,14-15H2,1-3H3. The quantitative estimate of drug-likeness (QED) is 0.747. The van der Waals surface area contributed by atoms with Gasteiger partial charge in [-0.05, 0) is 31.6 Å². The second kappa shape index (κ2) is 7.84. The van der Waals surface area contributed by atoms with Gasteiger partial charge in [0, 0.05) is 12.1 Å². The summed E-state index contributed by atoms with van der Waals surface area (Å²) in [6.07, 6.45) is 0. The highest BCUT2D eigenvalue weighted by molar-refractivity contribution is 5.70. The Bertz CT molecular complexity index is 544. The van der Waals surface area contributed by atoms with Crippen molar-refractivity contribution >= 4 is 0 Å². The Morgan fingerprint density at radius 3 is 2.24 bits per heavy atom. The lowest BCUT2D eigenvalue weighted by atomic mass is 10.0. The van der Waals surface area contributed by atoms with Gasteiger partial charge in [-0.2, -0.15) is 0 Å². The molecule has 112 valence electrons. The monoisotopic (exact) mass is 283 g/mol. The summed E-state index contributed by atoms with van der Waals surface area (Å²) in [5.74, 6) is 0.966. The van der Waals surface area contributed by atoms with Gasteiger partial charge in [-0.3, -0.25) is 0 Å². The molecule has 0 unspecified atom stereocenters. The maximum Gasteiger partial charge on any atom is 0.127 e. The third-order valence-electron chi connectivity index (χ3n) is 3.81. The van der Waals surface area contributed by atoms with E-state index in [1.165, 1.54) is 11.1 Å². The molecule has 2 aromatic rings. The molecule has 0 saturated heterocycles. The minimum Gasteiger partial charge on any atom is -0.492 e. The highest BCUT2D eigenvalue weighted by atomic mass is 16.5. The Balaban J connectivity index is 2.08. The Hall–Kier alpha value is -1.80. The van der Waals surface area contributed by atoms with Crippen molar-refractivity contribution in [1.29, 1.82) is 0 Å². The summed E-state index contributed by atoms with van der Waals surface area (Å²) >= 11 is 0. The minimum absolute atomic E-state index is 0.727. The normalized spacial score (nSPS) is 10.9. The van der Waals surface area contributed by atoms with Crippen LogP contribution in [0.2, 0.25) is 0 Å². The van der Waals surface area contributed by atoms with Crippen LogP contribution in [0.4, 0.5) is 0 Å². The van der Waals surface area contributed by atoms with Crippen LogP contribution < -0.4 is 4.74 Å². The highest BCUT2D eigenvalue weighted by Crippen LogP contribution is 2.29. The summed E-state index contributed by atoms with van der Waals surface area (Å²) in [7, 11) is 0. The Morgan fingerprint density at radius 2 is 1.57 bits per heavy atom. The van der Waals surface area contributed by atoms with Crippen molar-refractivity contribution in [3.05, 3.63) is 54.1 Å². The number of benzene rings is 2. The number of para-hydroxylation sites is 1. The van der Waals surface area contributed by atoms with Gasteiger partial charge in [0.1, 0.15) is 12.4 Å². The summed E-state index contributed by atoms with van der Waals surface area (Å²) < 4.78 is 6.01. The van der Waals surface area contributed by atoms with Crippen LogP contribution in [0.3, 0.4) is 0 Å². The molecule has 2 rings (SSSR count). The first-order valence-corrected chi connectivity index (χ1v) is 7.75. The Morgan fingerprint density at radius 1 is 0.905 bits per heavy atom. The molecule has 0 aliphatic rings. The van der Waals surface area contributed by atoms with E-state index in [0.717, 1.165) is 37.6 Å². The van der Waals surface area contributed by atoms with E-state index in [2.05, 4.69) is 68.1 Å². The summed E-state index contributed by atoms with van der Waals surface area (Å²) in [5, 5.41) is 0. The van der Waals surface area contributed by atoms with Gasteiger partial charge in [0.05, 0.1) is 0 Å². The lowest BCUT2D eigenvalue weighted by Gasteiger charge is -2.19. The number of aryl methyl sites for hydroxylation is 1. The Labute approximate surface area is 128 Å². The molecule has 0 saturated carbocycles. The van der Waals surface area contributed by atoms with Crippen LogP contribution in [0.5, 0.6) is 5.75 Å². The molecule has 0 atom stereocenters. The number of nitrogens with zero attached hydrogens (tertiary/aromatic N) is 1. The molecular weight excluding hydrogens is 258 g/mol. The lowest BCUT2D eigenvalue weighted by Crippen LogP contribution is -2.27. The van der Waals surface area contributed by atoms with Crippen LogP contribution in [0.1, 0.15) is 19.4 Å². The van der Waals surface area contributed by atoms with E-state index in [1.54, 1.807) is 0 Å². The molecule has 0 radical (unpaired) electrons. The zero-order chi connectivity index (χ0) is 15.1. The first-order valence-electron chi connectivity index (χ1n) is 7.75. The van der Waals surface area contributed by atoms with Gasteiger partial charge in [-0.25, -0.2) is 0 Å². The van der Waals surface area contributed by atoms with Crippen LogP contribution in [-0.2, 0) is 0 Å². The van der Waals surface area contributed by atoms with E-state index in [0.29, 0.717) is 0 Å². The first kappa shape index (κ1) is 15.6. The molecule has 0 aliphatic heterocycles. The molecule has 0 spiro atoms. The third-order valence-corrected chi connectivity index (χ3v) is 3.81. The van der Waals surface area contributed by atoms with Crippen LogP contribution in [0.25, 0.3) is 11.1 Å². The average Bonchev–Trinajstić information content (AvgIpc) is 2.53. The number of hydrogen-bond donors (Lipinski definition) is 0. The largest absolute Gasteiger partial charge is 0.492 e. The van der Waals surface area contributed by atoms with Crippen molar-refractivity contribution in [2.45, 2.75) is 20.8 Å². The predicted molar refractivity (Wildman–Crippen MR) is 89.9 cm³/mol. The topological polar surface area (TPSA) is 12.5 Å². The number of hydrogen-bond acceptors (Lipinski definition) is 2. The molecule has 2 nitrogen and oxygen atoms in total. The number of ether oxygens (including phenoxy) is 1. The van der Waals surface area contributed by atoms with Crippen LogP contribution in [-0.4, -0.2) is 31.1 Å². The van der Waals surface area contributed by atoms with E-state index in [-0.39, 0.29) is 0 Å². The van der Waals surface area contributed by atoms with Gasteiger partial charge in [0.15, 0.2) is 0 Å². The fraction of sp³-hybridized carbons (Fsp3) is 0.368. The number of rotatable bonds is 7. The molecule has 0 amide bonds. The van der Waals surface area contributed by atoms with Crippen molar-refractivity contribution in [2.24, 2.45) is 0 Å².